The minimum absolute atomic E-state index is 0.129. The Balaban J connectivity index is 1.82. The SMILES string of the molecule is COc1cccc(-n2c(O)c(C=NCC(c3cccs3)N(C)C)c3ccccc3c2=O)c1. The lowest BCUT2D eigenvalue weighted by Gasteiger charge is -2.21. The summed E-state index contributed by atoms with van der Waals surface area (Å²) < 4.78 is 6.60. The summed E-state index contributed by atoms with van der Waals surface area (Å²) in [6.45, 7) is 0.527. The summed E-state index contributed by atoms with van der Waals surface area (Å²) in [5, 5.41) is 14.4. The minimum atomic E-state index is -0.298. The number of aliphatic imine (C=N–C) groups is 1. The van der Waals surface area contributed by atoms with Crippen LogP contribution in [0.1, 0.15) is 16.5 Å². The molecule has 0 aliphatic rings. The van der Waals surface area contributed by atoms with E-state index in [0.717, 1.165) is 0 Å². The highest BCUT2D eigenvalue weighted by Crippen LogP contribution is 2.28. The number of pyridine rings is 1. The maximum Gasteiger partial charge on any atom is 0.265 e. The van der Waals surface area contributed by atoms with Crippen LogP contribution >= 0.6 is 11.3 Å². The Morgan fingerprint density at radius 2 is 1.91 bits per heavy atom. The van der Waals surface area contributed by atoms with Gasteiger partial charge in [0.1, 0.15) is 5.75 Å². The van der Waals surface area contributed by atoms with Crippen molar-refractivity contribution >= 4 is 28.3 Å². The number of methoxy groups -OCH3 is 1. The molecule has 0 aliphatic heterocycles. The number of benzene rings is 2. The van der Waals surface area contributed by atoms with E-state index in [2.05, 4.69) is 21.3 Å². The van der Waals surface area contributed by atoms with Gasteiger partial charge in [0.2, 0.25) is 5.88 Å². The van der Waals surface area contributed by atoms with Crippen LogP contribution < -0.4 is 10.3 Å². The van der Waals surface area contributed by atoms with Crippen LogP contribution in [0.4, 0.5) is 0 Å². The monoisotopic (exact) mass is 447 g/mol. The largest absolute Gasteiger partial charge is 0.497 e. The second-order valence-corrected chi connectivity index (χ2v) is 8.59. The number of thiophene rings is 1. The number of rotatable bonds is 7. The molecule has 2 aromatic heterocycles. The molecular formula is C25H25N3O3S. The minimum Gasteiger partial charge on any atom is -0.497 e. The number of fused-ring (bicyclic) bond motifs is 1. The Kier molecular flexibility index (Phi) is 6.39. The van der Waals surface area contributed by atoms with Crippen molar-refractivity contribution < 1.29 is 9.84 Å². The molecule has 0 saturated carbocycles. The summed E-state index contributed by atoms with van der Waals surface area (Å²) in [6.07, 6.45) is 1.66. The van der Waals surface area contributed by atoms with Gasteiger partial charge in [0.15, 0.2) is 0 Å². The summed E-state index contributed by atoms with van der Waals surface area (Å²) in [7, 11) is 5.61. The van der Waals surface area contributed by atoms with Gasteiger partial charge in [-0.25, -0.2) is 4.57 Å². The molecule has 2 aromatic carbocycles. The van der Waals surface area contributed by atoms with Gasteiger partial charge >= 0.3 is 0 Å². The van der Waals surface area contributed by atoms with Crippen LogP contribution in [0.5, 0.6) is 11.6 Å². The average molecular weight is 448 g/mol. The molecule has 0 spiro atoms. The predicted octanol–water partition coefficient (Wildman–Crippen LogP) is 4.49. The van der Waals surface area contributed by atoms with Crippen LogP contribution in [0.25, 0.3) is 16.5 Å². The Bertz CT molecular complexity index is 1310. The van der Waals surface area contributed by atoms with Crippen molar-refractivity contribution in [1.29, 1.82) is 0 Å². The molecule has 164 valence electrons. The van der Waals surface area contributed by atoms with Gasteiger partial charge in [-0.3, -0.25) is 9.79 Å². The van der Waals surface area contributed by atoms with E-state index in [-0.39, 0.29) is 17.5 Å². The first kappa shape index (κ1) is 21.8. The fourth-order valence-electron chi connectivity index (χ4n) is 3.71. The zero-order valence-electron chi connectivity index (χ0n) is 18.2. The van der Waals surface area contributed by atoms with Crippen LogP contribution in [0, 0.1) is 0 Å². The molecule has 0 radical (unpaired) electrons. The molecule has 0 amide bonds. The molecule has 1 N–H and O–H groups in total. The number of nitrogens with zero attached hydrogens (tertiary/aromatic N) is 3. The predicted molar refractivity (Wildman–Crippen MR) is 131 cm³/mol. The van der Waals surface area contributed by atoms with Gasteiger partial charge in [0, 0.05) is 27.9 Å². The van der Waals surface area contributed by atoms with Crippen molar-refractivity contribution in [2.45, 2.75) is 6.04 Å². The number of hydrogen-bond acceptors (Lipinski definition) is 6. The summed E-state index contributed by atoms with van der Waals surface area (Å²) in [6, 6.07) is 18.6. The van der Waals surface area contributed by atoms with Crippen molar-refractivity contribution in [3.63, 3.8) is 0 Å². The molecule has 2 heterocycles. The summed E-state index contributed by atoms with van der Waals surface area (Å²) in [5.74, 6) is 0.449. The third-order valence-electron chi connectivity index (χ3n) is 5.41. The first-order chi connectivity index (χ1) is 15.5. The second-order valence-electron chi connectivity index (χ2n) is 7.61. The fourth-order valence-corrected chi connectivity index (χ4v) is 4.62. The third kappa shape index (κ3) is 4.17. The van der Waals surface area contributed by atoms with E-state index in [0.29, 0.717) is 34.3 Å². The standard InChI is InChI=1S/C25H25N3O3S/c1-27(2)22(23-12-7-13-32-23)16-26-15-21-19-10-4-5-11-20(19)24(29)28(25(21)30)17-8-6-9-18(14-17)31-3/h4-15,22,30H,16H2,1-3H3. The van der Waals surface area contributed by atoms with Crippen molar-refractivity contribution in [1.82, 2.24) is 9.47 Å². The smallest absolute Gasteiger partial charge is 0.265 e. The molecule has 4 aromatic rings. The molecule has 7 heteroatoms. The molecule has 1 atom stereocenters. The summed E-state index contributed by atoms with van der Waals surface area (Å²) in [5.41, 5.74) is 0.733. The number of ether oxygens (including phenoxy) is 1. The number of likely N-dealkylation sites (N-methyl/N-ethyl adjacent to an activating group) is 1. The van der Waals surface area contributed by atoms with Crippen LogP contribution in [0.3, 0.4) is 0 Å². The van der Waals surface area contributed by atoms with Gasteiger partial charge in [0.25, 0.3) is 5.56 Å². The summed E-state index contributed by atoms with van der Waals surface area (Å²) in [4.78, 5) is 21.3. The maximum absolute atomic E-state index is 13.2. The highest BCUT2D eigenvalue weighted by molar-refractivity contribution is 7.10. The number of aromatic hydroxyl groups is 1. The lowest BCUT2D eigenvalue weighted by atomic mass is 10.1. The van der Waals surface area contributed by atoms with E-state index < -0.39 is 0 Å². The molecule has 1 unspecified atom stereocenters. The van der Waals surface area contributed by atoms with Crippen molar-refractivity contribution in [3.05, 3.63) is 86.8 Å². The lowest BCUT2D eigenvalue weighted by molar-refractivity contribution is 0.311. The van der Waals surface area contributed by atoms with Crippen molar-refractivity contribution in [2.24, 2.45) is 4.99 Å². The first-order valence-corrected chi connectivity index (χ1v) is 11.1. The van der Waals surface area contributed by atoms with Crippen LogP contribution in [0.2, 0.25) is 0 Å². The van der Waals surface area contributed by atoms with Crippen molar-refractivity contribution in [3.8, 4) is 17.3 Å². The maximum atomic E-state index is 13.2. The van der Waals surface area contributed by atoms with Gasteiger partial charge in [-0.15, -0.1) is 11.3 Å². The quantitative estimate of drug-likeness (QED) is 0.424. The zero-order valence-corrected chi connectivity index (χ0v) is 19.0. The van der Waals surface area contributed by atoms with Crippen molar-refractivity contribution in [2.75, 3.05) is 27.7 Å². The second kappa shape index (κ2) is 9.38. The Morgan fingerprint density at radius 3 is 2.59 bits per heavy atom. The van der Waals surface area contributed by atoms with Crippen LogP contribution in [-0.4, -0.2) is 48.5 Å². The molecule has 32 heavy (non-hydrogen) atoms. The zero-order chi connectivity index (χ0) is 22.7. The van der Waals surface area contributed by atoms with E-state index in [1.807, 2.05) is 38.4 Å². The van der Waals surface area contributed by atoms with Crippen LogP contribution in [0.15, 0.2) is 75.8 Å². The Morgan fingerprint density at radius 1 is 1.12 bits per heavy atom. The molecule has 4 rings (SSSR count). The average Bonchev–Trinajstić information content (AvgIpc) is 3.33. The number of hydrogen-bond donors (Lipinski definition) is 1. The van der Waals surface area contributed by atoms with Gasteiger partial charge in [0.05, 0.1) is 30.9 Å². The molecular weight excluding hydrogens is 422 g/mol. The van der Waals surface area contributed by atoms with Crippen LogP contribution in [-0.2, 0) is 0 Å². The third-order valence-corrected chi connectivity index (χ3v) is 6.38. The topological polar surface area (TPSA) is 67.1 Å². The normalized spacial score (nSPS) is 12.6. The van der Waals surface area contributed by atoms with E-state index in [1.165, 1.54) is 9.44 Å². The molecule has 0 fully saturated rings. The molecule has 0 aliphatic carbocycles. The highest BCUT2D eigenvalue weighted by atomic mass is 32.1. The van der Waals surface area contributed by atoms with Gasteiger partial charge in [-0.2, -0.15) is 0 Å². The highest BCUT2D eigenvalue weighted by Gasteiger charge is 2.18. The fraction of sp³-hybridized carbons (Fsp3) is 0.200. The van der Waals surface area contributed by atoms with E-state index >= 15 is 0 Å². The summed E-state index contributed by atoms with van der Waals surface area (Å²) >= 11 is 1.69. The van der Waals surface area contributed by atoms with Gasteiger partial charge < -0.3 is 14.7 Å². The van der Waals surface area contributed by atoms with E-state index in [9.17, 15) is 9.90 Å². The molecule has 6 nitrogen and oxygen atoms in total. The lowest BCUT2D eigenvalue weighted by Crippen LogP contribution is -2.22. The molecule has 0 saturated heterocycles. The van der Waals surface area contributed by atoms with E-state index in [1.54, 1.807) is 55.0 Å². The van der Waals surface area contributed by atoms with Gasteiger partial charge in [-0.05, 0) is 43.7 Å². The Hall–Kier alpha value is -3.42. The van der Waals surface area contributed by atoms with E-state index in [4.69, 9.17) is 4.74 Å². The number of aromatic nitrogens is 1. The van der Waals surface area contributed by atoms with Gasteiger partial charge in [-0.1, -0.05) is 30.3 Å². The first-order valence-electron chi connectivity index (χ1n) is 10.2. The Labute approximate surface area is 190 Å². The molecule has 0 bridgehead atoms.